The molecule has 0 aromatic heterocycles. The lowest BCUT2D eigenvalue weighted by Crippen LogP contribution is -2.55. The van der Waals surface area contributed by atoms with Crippen molar-refractivity contribution in [3.05, 3.63) is 59.2 Å². The minimum Gasteiger partial charge on any atom is -0.497 e. The van der Waals surface area contributed by atoms with Gasteiger partial charge in [-0.3, -0.25) is 9.69 Å². The number of methoxy groups -OCH3 is 1. The molecule has 1 saturated heterocycles. The Morgan fingerprint density at radius 1 is 1.02 bits per heavy atom. The fourth-order valence-electron chi connectivity index (χ4n) is 6.76. The van der Waals surface area contributed by atoms with E-state index < -0.39 is 10.0 Å². The molecule has 0 spiro atoms. The van der Waals surface area contributed by atoms with Gasteiger partial charge in [0.15, 0.2) is 0 Å². The largest absolute Gasteiger partial charge is 0.497 e. The molecular weight excluding hydrogens is 550 g/mol. The summed E-state index contributed by atoms with van der Waals surface area (Å²) in [5.74, 6) is 0.487. The normalized spacial score (nSPS) is 22.1. The monoisotopic (exact) mass is 599 g/mol. The minimum atomic E-state index is -3.70. The molecule has 42 heavy (non-hydrogen) atoms. The van der Waals surface area contributed by atoms with Crippen LogP contribution in [0.4, 0.5) is 0 Å². The van der Waals surface area contributed by atoms with Crippen molar-refractivity contribution in [3.8, 4) is 5.75 Å². The molecule has 1 aliphatic carbocycles. The number of likely N-dealkylation sites (N-methyl/N-ethyl adjacent to an activating group) is 1. The van der Waals surface area contributed by atoms with Crippen LogP contribution in [0.15, 0.2) is 47.4 Å². The summed E-state index contributed by atoms with van der Waals surface area (Å²) in [6.45, 7) is 6.08. The lowest BCUT2D eigenvalue weighted by molar-refractivity contribution is -0.126. The number of amides is 1. The number of carbonyl (C=O) groups excluding carboxylic acids is 1. The standard InChI is InChI=1S/C33H49N3O5S/c1-26-22-30(40-4)23-27(2)32(26)42(38,39)35(3)20-21-41-25-31(37)34-29-14-16-33(17-15-29,24-28-12-8-7-9-13-28)36-18-10-5-6-11-19-36/h7-9,12-13,22-23,29H,5-6,10-11,14-21,24-25H2,1-4H3,(H,34,37). The predicted molar refractivity (Wildman–Crippen MR) is 166 cm³/mol. The molecule has 2 aromatic rings. The van der Waals surface area contributed by atoms with E-state index in [2.05, 4.69) is 40.5 Å². The SMILES string of the molecule is COc1cc(C)c(S(=O)(=O)N(C)CCOCC(=O)NC2CCC(Cc3ccccc3)(N3CCCCCC3)CC2)c(C)c1. The molecule has 1 heterocycles. The van der Waals surface area contributed by atoms with Gasteiger partial charge in [-0.25, -0.2) is 8.42 Å². The zero-order valence-electron chi connectivity index (χ0n) is 25.9. The fourth-order valence-corrected chi connectivity index (χ4v) is 8.32. The molecule has 0 radical (unpaired) electrons. The lowest BCUT2D eigenvalue weighted by atomic mass is 9.74. The number of hydrogen-bond donors (Lipinski definition) is 1. The van der Waals surface area contributed by atoms with Crippen molar-refractivity contribution in [3.63, 3.8) is 0 Å². The number of nitrogens with zero attached hydrogens (tertiary/aromatic N) is 2. The number of aryl methyl sites for hydroxylation is 2. The highest BCUT2D eigenvalue weighted by Crippen LogP contribution is 2.38. The Bertz CT molecular complexity index is 1240. The second-order valence-corrected chi connectivity index (χ2v) is 14.1. The molecule has 1 amide bonds. The first-order valence-electron chi connectivity index (χ1n) is 15.4. The van der Waals surface area contributed by atoms with Gasteiger partial charge in [-0.1, -0.05) is 43.2 Å². The maximum atomic E-state index is 13.2. The van der Waals surface area contributed by atoms with Crippen molar-refractivity contribution in [1.29, 1.82) is 0 Å². The van der Waals surface area contributed by atoms with Gasteiger partial charge in [-0.15, -0.1) is 0 Å². The van der Waals surface area contributed by atoms with E-state index in [0.29, 0.717) is 16.9 Å². The molecule has 2 fully saturated rings. The topological polar surface area (TPSA) is 88.2 Å². The summed E-state index contributed by atoms with van der Waals surface area (Å²) >= 11 is 0. The van der Waals surface area contributed by atoms with E-state index >= 15 is 0 Å². The number of sulfonamides is 1. The first kappa shape index (κ1) is 32.5. The van der Waals surface area contributed by atoms with Gasteiger partial charge >= 0.3 is 0 Å². The van der Waals surface area contributed by atoms with E-state index in [1.54, 1.807) is 33.1 Å². The molecule has 2 aromatic carbocycles. The average Bonchev–Trinajstić information content (AvgIpc) is 3.27. The lowest BCUT2D eigenvalue weighted by Gasteiger charge is -2.48. The highest BCUT2D eigenvalue weighted by Gasteiger charge is 2.40. The first-order valence-corrected chi connectivity index (χ1v) is 16.9. The van der Waals surface area contributed by atoms with Crippen molar-refractivity contribution < 1.29 is 22.7 Å². The minimum absolute atomic E-state index is 0.0771. The highest BCUT2D eigenvalue weighted by molar-refractivity contribution is 7.89. The van der Waals surface area contributed by atoms with Gasteiger partial charge in [0.05, 0.1) is 18.6 Å². The maximum absolute atomic E-state index is 13.2. The summed E-state index contributed by atoms with van der Waals surface area (Å²) in [4.78, 5) is 15.8. The van der Waals surface area contributed by atoms with Crippen LogP contribution in [-0.2, 0) is 26.0 Å². The van der Waals surface area contributed by atoms with Crippen molar-refractivity contribution >= 4 is 15.9 Å². The van der Waals surface area contributed by atoms with E-state index in [9.17, 15) is 13.2 Å². The Balaban J connectivity index is 1.25. The predicted octanol–water partition coefficient (Wildman–Crippen LogP) is 4.87. The fraction of sp³-hybridized carbons (Fsp3) is 0.606. The zero-order valence-corrected chi connectivity index (χ0v) is 26.7. The molecule has 1 N–H and O–H groups in total. The van der Waals surface area contributed by atoms with E-state index in [0.717, 1.165) is 32.1 Å². The number of rotatable bonds is 12. The van der Waals surface area contributed by atoms with Crippen molar-refractivity contribution in [2.45, 2.75) is 88.1 Å². The van der Waals surface area contributed by atoms with Crippen LogP contribution in [-0.4, -0.2) is 82.1 Å². The van der Waals surface area contributed by atoms with Crippen LogP contribution < -0.4 is 10.1 Å². The Morgan fingerprint density at radius 2 is 1.64 bits per heavy atom. The molecule has 0 bridgehead atoms. The Hall–Kier alpha value is -2.46. The molecule has 9 heteroatoms. The highest BCUT2D eigenvalue weighted by atomic mass is 32.2. The quantitative estimate of drug-likeness (QED) is 0.351. The van der Waals surface area contributed by atoms with Crippen molar-refractivity contribution in [2.24, 2.45) is 0 Å². The second kappa shape index (κ2) is 14.8. The van der Waals surface area contributed by atoms with Gasteiger partial charge in [-0.2, -0.15) is 4.31 Å². The third kappa shape index (κ3) is 8.13. The van der Waals surface area contributed by atoms with E-state index in [4.69, 9.17) is 9.47 Å². The molecule has 8 nitrogen and oxygen atoms in total. The Kier molecular flexibility index (Phi) is 11.5. The van der Waals surface area contributed by atoms with Gasteiger partial charge in [-0.05, 0) is 101 Å². The maximum Gasteiger partial charge on any atom is 0.246 e. The molecule has 232 valence electrons. The van der Waals surface area contributed by atoms with E-state index in [1.807, 2.05) is 0 Å². The first-order chi connectivity index (χ1) is 20.1. The molecule has 1 saturated carbocycles. The third-order valence-corrected chi connectivity index (χ3v) is 11.2. The number of hydrogen-bond acceptors (Lipinski definition) is 6. The summed E-state index contributed by atoms with van der Waals surface area (Å²) in [6.07, 6.45) is 10.3. The van der Waals surface area contributed by atoms with Crippen LogP contribution in [0.3, 0.4) is 0 Å². The van der Waals surface area contributed by atoms with E-state index in [1.165, 1.54) is 55.7 Å². The van der Waals surface area contributed by atoms with Crippen LogP contribution in [0.1, 0.15) is 68.1 Å². The molecule has 0 unspecified atom stereocenters. The van der Waals surface area contributed by atoms with Gasteiger partial charge < -0.3 is 14.8 Å². The van der Waals surface area contributed by atoms with Gasteiger partial charge in [0.2, 0.25) is 15.9 Å². The van der Waals surface area contributed by atoms with Gasteiger partial charge in [0.1, 0.15) is 12.4 Å². The molecule has 0 atom stereocenters. The smallest absolute Gasteiger partial charge is 0.246 e. The van der Waals surface area contributed by atoms with Crippen LogP contribution in [0.2, 0.25) is 0 Å². The summed E-state index contributed by atoms with van der Waals surface area (Å²) in [5, 5.41) is 3.18. The number of nitrogens with one attached hydrogen (secondary N) is 1. The summed E-state index contributed by atoms with van der Waals surface area (Å²) in [6, 6.07) is 14.4. The van der Waals surface area contributed by atoms with Crippen LogP contribution in [0.5, 0.6) is 5.75 Å². The number of ether oxygens (including phenoxy) is 2. The summed E-state index contributed by atoms with van der Waals surface area (Å²) in [7, 11) is -0.602. The number of likely N-dealkylation sites (tertiary alicyclic amines) is 1. The number of carbonyl (C=O) groups is 1. The van der Waals surface area contributed by atoms with E-state index in [-0.39, 0.29) is 42.1 Å². The average molecular weight is 600 g/mol. The molecule has 2 aliphatic rings. The van der Waals surface area contributed by atoms with Crippen molar-refractivity contribution in [1.82, 2.24) is 14.5 Å². The summed E-state index contributed by atoms with van der Waals surface area (Å²) in [5.41, 5.74) is 2.81. The molecule has 1 aliphatic heterocycles. The van der Waals surface area contributed by atoms with Crippen LogP contribution in [0, 0.1) is 13.8 Å². The third-order valence-electron chi connectivity index (χ3n) is 9.06. The Labute approximate surface area is 252 Å². The van der Waals surface area contributed by atoms with Crippen LogP contribution >= 0.6 is 0 Å². The zero-order chi connectivity index (χ0) is 30.2. The molecular formula is C33H49N3O5S. The molecule has 4 rings (SSSR count). The van der Waals surface area contributed by atoms with Gasteiger partial charge in [0, 0.05) is 25.2 Å². The Morgan fingerprint density at radius 3 is 2.24 bits per heavy atom. The second-order valence-electron chi connectivity index (χ2n) is 12.1. The number of benzene rings is 2. The summed E-state index contributed by atoms with van der Waals surface area (Å²) < 4.78 is 38.6. The van der Waals surface area contributed by atoms with Crippen molar-refractivity contribution in [2.75, 3.05) is 47.0 Å². The van der Waals surface area contributed by atoms with Crippen LogP contribution in [0.25, 0.3) is 0 Å². The van der Waals surface area contributed by atoms with Gasteiger partial charge in [0.25, 0.3) is 0 Å².